The van der Waals surface area contributed by atoms with Crippen LogP contribution in [0.4, 0.5) is 17.1 Å². The summed E-state index contributed by atoms with van der Waals surface area (Å²) in [7, 11) is -4.19. The molecule has 0 saturated heterocycles. The van der Waals surface area contributed by atoms with E-state index in [2.05, 4.69) is 29.3 Å². The van der Waals surface area contributed by atoms with E-state index in [1.54, 1.807) is 18.2 Å². The fourth-order valence-electron chi connectivity index (χ4n) is 3.50. The van der Waals surface area contributed by atoms with E-state index in [1.807, 2.05) is 24.3 Å². The Morgan fingerprint density at radius 2 is 1.64 bits per heavy atom. The Morgan fingerprint density at radius 1 is 0.972 bits per heavy atom. The molecule has 0 aromatic heterocycles. The second kappa shape index (κ2) is 11.9. The fraction of sp³-hybridized carbons (Fsp3) is 0.200. The summed E-state index contributed by atoms with van der Waals surface area (Å²) in [5.41, 5.74) is 3.84. The number of nitrogens with zero attached hydrogens (tertiary/aromatic N) is 4. The van der Waals surface area contributed by atoms with Gasteiger partial charge in [0, 0.05) is 30.9 Å². The minimum absolute atomic E-state index is 0.0147. The molecule has 0 fully saturated rings. The zero-order valence-corrected chi connectivity index (χ0v) is 20.8. The molecule has 0 aliphatic carbocycles. The maximum absolute atomic E-state index is 13.3. The standard InChI is InChI=1S/C25H27N5O5S/c1-3-28(4-2)21-15-13-20(14-16-21)18-26-27-25(31)19-29(22-9-8-10-23(17-22)30(32)33)36(34,35)24-11-6-5-7-12-24/h5-18H,3-4,19H2,1-2H3,(H,27,31)/b26-18-. The molecule has 3 aromatic rings. The number of amides is 1. The van der Waals surface area contributed by atoms with E-state index in [4.69, 9.17) is 0 Å². The molecule has 11 heteroatoms. The number of non-ortho nitro benzene ring substituents is 1. The molecule has 0 saturated carbocycles. The zero-order chi connectivity index (χ0) is 26.1. The Morgan fingerprint density at radius 3 is 2.25 bits per heavy atom. The average molecular weight is 510 g/mol. The summed E-state index contributed by atoms with van der Waals surface area (Å²) in [4.78, 5) is 25.4. The summed E-state index contributed by atoms with van der Waals surface area (Å²) < 4.78 is 27.4. The second-order valence-electron chi connectivity index (χ2n) is 7.66. The lowest BCUT2D eigenvalue weighted by molar-refractivity contribution is -0.384. The van der Waals surface area contributed by atoms with Crippen LogP contribution in [0.15, 0.2) is 88.9 Å². The number of sulfonamides is 1. The highest BCUT2D eigenvalue weighted by Gasteiger charge is 2.28. The van der Waals surface area contributed by atoms with Crippen molar-refractivity contribution in [1.82, 2.24) is 5.43 Å². The smallest absolute Gasteiger partial charge is 0.271 e. The number of nitrogens with one attached hydrogen (secondary N) is 1. The number of hydrogen-bond acceptors (Lipinski definition) is 7. The molecule has 36 heavy (non-hydrogen) atoms. The number of anilines is 2. The van der Waals surface area contributed by atoms with Crippen LogP contribution < -0.4 is 14.6 Å². The highest BCUT2D eigenvalue weighted by Crippen LogP contribution is 2.26. The van der Waals surface area contributed by atoms with Gasteiger partial charge in [-0.15, -0.1) is 0 Å². The van der Waals surface area contributed by atoms with Crippen molar-refractivity contribution in [3.05, 3.63) is 94.5 Å². The number of nitro benzene ring substituents is 1. The van der Waals surface area contributed by atoms with Gasteiger partial charge in [-0.3, -0.25) is 19.2 Å². The first kappa shape index (κ1) is 26.4. The molecule has 0 unspecified atom stereocenters. The van der Waals surface area contributed by atoms with Gasteiger partial charge in [0.2, 0.25) is 0 Å². The second-order valence-corrected chi connectivity index (χ2v) is 9.52. The SMILES string of the molecule is CCN(CC)c1ccc(/C=N\NC(=O)CN(c2cccc([N+](=O)[O-])c2)S(=O)(=O)c2ccccc2)cc1. The van der Waals surface area contributed by atoms with Crippen molar-refractivity contribution in [2.75, 3.05) is 28.8 Å². The van der Waals surface area contributed by atoms with E-state index < -0.39 is 27.4 Å². The summed E-state index contributed by atoms with van der Waals surface area (Å²) in [5.74, 6) is -0.711. The monoisotopic (exact) mass is 509 g/mol. The van der Waals surface area contributed by atoms with Crippen molar-refractivity contribution in [3.63, 3.8) is 0 Å². The molecule has 0 heterocycles. The van der Waals surface area contributed by atoms with Crippen molar-refractivity contribution in [2.45, 2.75) is 18.7 Å². The van der Waals surface area contributed by atoms with Gasteiger partial charge in [-0.2, -0.15) is 5.10 Å². The summed E-state index contributed by atoms with van der Waals surface area (Å²) in [6.45, 7) is 5.28. The molecule has 1 amide bonds. The number of nitro groups is 1. The summed E-state index contributed by atoms with van der Waals surface area (Å²) >= 11 is 0. The van der Waals surface area contributed by atoms with Crippen molar-refractivity contribution in [2.24, 2.45) is 5.10 Å². The van der Waals surface area contributed by atoms with E-state index in [0.717, 1.165) is 34.7 Å². The van der Waals surface area contributed by atoms with E-state index in [1.165, 1.54) is 36.5 Å². The molecule has 0 bridgehead atoms. The van der Waals surface area contributed by atoms with Gasteiger partial charge in [0.05, 0.1) is 21.7 Å². The van der Waals surface area contributed by atoms with Crippen LogP contribution in [-0.4, -0.2) is 45.1 Å². The molecule has 3 rings (SSSR count). The molecule has 3 aromatic carbocycles. The van der Waals surface area contributed by atoms with Gasteiger partial charge in [-0.25, -0.2) is 13.8 Å². The first-order chi connectivity index (χ1) is 17.3. The predicted molar refractivity (Wildman–Crippen MR) is 140 cm³/mol. The summed E-state index contributed by atoms with van der Waals surface area (Å²) in [6.07, 6.45) is 1.45. The molecular weight excluding hydrogens is 482 g/mol. The maximum Gasteiger partial charge on any atom is 0.271 e. The molecule has 1 N–H and O–H groups in total. The largest absolute Gasteiger partial charge is 0.372 e. The topological polar surface area (TPSA) is 125 Å². The molecule has 0 aliphatic rings. The number of hydrazone groups is 1. The van der Waals surface area contributed by atoms with Crippen LogP contribution >= 0.6 is 0 Å². The zero-order valence-electron chi connectivity index (χ0n) is 19.9. The number of carbonyl (C=O) groups is 1. The van der Waals surface area contributed by atoms with E-state index in [9.17, 15) is 23.3 Å². The van der Waals surface area contributed by atoms with Crippen molar-refractivity contribution in [1.29, 1.82) is 0 Å². The van der Waals surface area contributed by atoms with Gasteiger partial charge < -0.3 is 4.90 Å². The Hall–Kier alpha value is -4.25. The number of rotatable bonds is 11. The molecular formula is C25H27N5O5S. The Labute approximate surface area is 210 Å². The first-order valence-corrected chi connectivity index (χ1v) is 12.7. The van der Waals surface area contributed by atoms with Crippen LogP contribution in [0.3, 0.4) is 0 Å². The minimum atomic E-state index is -4.19. The third kappa shape index (κ3) is 6.45. The van der Waals surface area contributed by atoms with Crippen molar-refractivity contribution < 1.29 is 18.1 Å². The van der Waals surface area contributed by atoms with Gasteiger partial charge in [-0.1, -0.05) is 36.4 Å². The van der Waals surface area contributed by atoms with Crippen LogP contribution in [-0.2, 0) is 14.8 Å². The van der Waals surface area contributed by atoms with Gasteiger partial charge in [0.1, 0.15) is 6.54 Å². The van der Waals surface area contributed by atoms with Crippen molar-refractivity contribution >= 4 is 39.2 Å². The Bertz CT molecular complexity index is 1320. The molecule has 10 nitrogen and oxygen atoms in total. The van der Waals surface area contributed by atoms with E-state index >= 15 is 0 Å². The molecule has 0 atom stereocenters. The summed E-state index contributed by atoms with van der Waals surface area (Å²) in [6, 6.07) is 20.3. The van der Waals surface area contributed by atoms with E-state index in [0.29, 0.717) is 0 Å². The van der Waals surface area contributed by atoms with E-state index in [-0.39, 0.29) is 16.3 Å². The summed E-state index contributed by atoms with van der Waals surface area (Å²) in [5, 5.41) is 15.2. The van der Waals surface area contributed by atoms with Crippen LogP contribution in [0.25, 0.3) is 0 Å². The number of carbonyl (C=O) groups excluding carboxylic acids is 1. The Balaban J connectivity index is 1.80. The van der Waals surface area contributed by atoms with Crippen LogP contribution in [0.5, 0.6) is 0 Å². The van der Waals surface area contributed by atoms with Crippen LogP contribution in [0.1, 0.15) is 19.4 Å². The lowest BCUT2D eigenvalue weighted by atomic mass is 10.2. The fourth-order valence-corrected chi connectivity index (χ4v) is 4.93. The van der Waals surface area contributed by atoms with Gasteiger partial charge in [0.15, 0.2) is 0 Å². The molecule has 0 aliphatic heterocycles. The quantitative estimate of drug-likeness (QED) is 0.238. The lowest BCUT2D eigenvalue weighted by Gasteiger charge is -2.23. The van der Waals surface area contributed by atoms with Gasteiger partial charge in [-0.05, 0) is 49.7 Å². The normalized spacial score (nSPS) is 11.3. The molecule has 188 valence electrons. The number of hydrogen-bond donors (Lipinski definition) is 1. The molecule has 0 spiro atoms. The van der Waals surface area contributed by atoms with Crippen molar-refractivity contribution in [3.8, 4) is 0 Å². The average Bonchev–Trinajstić information content (AvgIpc) is 2.89. The first-order valence-electron chi connectivity index (χ1n) is 11.3. The molecule has 0 radical (unpaired) electrons. The predicted octanol–water partition coefficient (Wildman–Crippen LogP) is 3.79. The Kier molecular flexibility index (Phi) is 8.74. The number of benzene rings is 3. The minimum Gasteiger partial charge on any atom is -0.372 e. The highest BCUT2D eigenvalue weighted by molar-refractivity contribution is 7.92. The highest BCUT2D eigenvalue weighted by atomic mass is 32.2. The third-order valence-electron chi connectivity index (χ3n) is 5.37. The lowest BCUT2D eigenvalue weighted by Crippen LogP contribution is -2.39. The van der Waals surface area contributed by atoms with Gasteiger partial charge in [0.25, 0.3) is 21.6 Å². The van der Waals surface area contributed by atoms with Gasteiger partial charge >= 0.3 is 0 Å². The third-order valence-corrected chi connectivity index (χ3v) is 7.16. The van der Waals surface area contributed by atoms with Crippen LogP contribution in [0.2, 0.25) is 0 Å². The maximum atomic E-state index is 13.3. The van der Waals surface area contributed by atoms with Crippen LogP contribution in [0, 0.1) is 10.1 Å².